The smallest absolute Gasteiger partial charge is 0.405 e. The zero-order valence-electron chi connectivity index (χ0n) is 28.4. The van der Waals surface area contributed by atoms with Crippen LogP contribution in [0.15, 0.2) is 60.8 Å². The fourth-order valence-corrected chi connectivity index (χ4v) is 8.57. The Morgan fingerprint density at radius 1 is 0.904 bits per heavy atom. The number of imidazole rings is 2. The number of H-pyrrole nitrogens is 2. The second-order valence-corrected chi connectivity index (χ2v) is 14.3. The molecule has 9 rings (SSSR count). The summed E-state index contributed by atoms with van der Waals surface area (Å²) in [6.07, 6.45) is 5.23. The van der Waals surface area contributed by atoms with E-state index in [9.17, 15) is 14.7 Å². The van der Waals surface area contributed by atoms with E-state index in [1.54, 1.807) is 35.4 Å². The number of alkyl halides is 2. The zero-order chi connectivity index (χ0) is 35.6. The van der Waals surface area contributed by atoms with Crippen molar-refractivity contribution < 1.29 is 28.2 Å². The number of ether oxygens (including phenoxy) is 1. The number of likely N-dealkylation sites (tertiary alicyclic amines) is 1. The highest BCUT2D eigenvalue weighted by Crippen LogP contribution is 2.52. The quantitative estimate of drug-likeness (QED) is 0.124. The Bertz CT molecular complexity index is 2190. The van der Waals surface area contributed by atoms with Crippen LogP contribution >= 0.6 is 0 Å². The fourth-order valence-electron chi connectivity index (χ4n) is 8.57. The van der Waals surface area contributed by atoms with E-state index in [1.807, 2.05) is 30.3 Å². The number of amides is 2. The third kappa shape index (κ3) is 5.63. The first-order valence-corrected chi connectivity index (χ1v) is 18.1. The van der Waals surface area contributed by atoms with Gasteiger partial charge in [0.1, 0.15) is 17.7 Å². The van der Waals surface area contributed by atoms with Gasteiger partial charge < -0.3 is 35.3 Å². The van der Waals surface area contributed by atoms with Crippen LogP contribution in [0.3, 0.4) is 0 Å². The number of carboxylic acid groups (broad SMARTS) is 1. The van der Waals surface area contributed by atoms with Crippen molar-refractivity contribution in [3.8, 4) is 33.5 Å². The SMILES string of the molecule is O=C(O)N[C@H](C(=O)N1CCC[C@H]1c1nc2ccc(-c3ccc4c(c3)C(F)(F)c3cc(-c5cnc([C@@H]6CCCN6)[nH]5)ccc3-4)cc2[nH]1)C1CCOCC1. The second-order valence-electron chi connectivity index (χ2n) is 14.3. The van der Waals surface area contributed by atoms with E-state index >= 15 is 8.78 Å². The molecule has 5 heterocycles. The molecule has 0 unspecified atom stereocenters. The molecule has 3 fully saturated rings. The molecular weight excluding hydrogens is 668 g/mol. The van der Waals surface area contributed by atoms with Crippen molar-refractivity contribution in [1.82, 2.24) is 35.5 Å². The molecule has 5 N–H and O–H groups in total. The second kappa shape index (κ2) is 12.8. The Balaban J connectivity index is 0.973. The molecule has 4 aliphatic rings. The first kappa shape index (κ1) is 32.7. The molecule has 0 spiro atoms. The predicted octanol–water partition coefficient (Wildman–Crippen LogP) is 6.89. The number of aromatic nitrogens is 4. The lowest BCUT2D eigenvalue weighted by Gasteiger charge is -2.33. The molecule has 13 heteroatoms. The number of benzene rings is 3. The number of rotatable bonds is 7. The fraction of sp³-hybridized carbons (Fsp3) is 0.385. The van der Waals surface area contributed by atoms with Crippen molar-refractivity contribution in [3.05, 3.63) is 83.6 Å². The highest BCUT2D eigenvalue weighted by molar-refractivity contribution is 5.88. The van der Waals surface area contributed by atoms with E-state index in [4.69, 9.17) is 9.72 Å². The Morgan fingerprint density at radius 2 is 1.63 bits per heavy atom. The van der Waals surface area contributed by atoms with E-state index in [-0.39, 0.29) is 35.0 Å². The van der Waals surface area contributed by atoms with Crippen LogP contribution in [0.25, 0.3) is 44.5 Å². The van der Waals surface area contributed by atoms with Gasteiger partial charge in [-0.05, 0) is 97.5 Å². The third-order valence-electron chi connectivity index (χ3n) is 11.3. The van der Waals surface area contributed by atoms with E-state index in [0.717, 1.165) is 42.7 Å². The van der Waals surface area contributed by atoms with Gasteiger partial charge in [0, 0.05) is 36.4 Å². The number of nitrogens with zero attached hydrogens (tertiary/aromatic N) is 3. The summed E-state index contributed by atoms with van der Waals surface area (Å²) >= 11 is 0. The molecule has 0 bridgehead atoms. The summed E-state index contributed by atoms with van der Waals surface area (Å²) in [5, 5.41) is 15.4. The first-order chi connectivity index (χ1) is 25.2. The van der Waals surface area contributed by atoms with Gasteiger partial charge in [-0.2, -0.15) is 8.78 Å². The molecule has 2 aromatic heterocycles. The number of halogens is 2. The maximum atomic E-state index is 16.2. The van der Waals surface area contributed by atoms with Crippen molar-refractivity contribution in [3.63, 3.8) is 0 Å². The maximum absolute atomic E-state index is 16.2. The van der Waals surface area contributed by atoms with Gasteiger partial charge in [0.25, 0.3) is 5.92 Å². The third-order valence-corrected chi connectivity index (χ3v) is 11.3. The van der Waals surface area contributed by atoms with Gasteiger partial charge in [0.05, 0.1) is 35.0 Å². The molecule has 3 atom stereocenters. The van der Waals surface area contributed by atoms with Crippen LogP contribution in [0.4, 0.5) is 13.6 Å². The molecule has 11 nitrogen and oxygen atoms in total. The predicted molar refractivity (Wildman–Crippen MR) is 190 cm³/mol. The van der Waals surface area contributed by atoms with Crippen LogP contribution in [0.2, 0.25) is 0 Å². The molecule has 3 saturated heterocycles. The average Bonchev–Trinajstić information content (AvgIpc) is 4.00. The molecule has 0 radical (unpaired) electrons. The van der Waals surface area contributed by atoms with Gasteiger partial charge in [0.2, 0.25) is 5.91 Å². The Kier molecular flexibility index (Phi) is 8.07. The van der Waals surface area contributed by atoms with Gasteiger partial charge in [-0.3, -0.25) is 4.79 Å². The summed E-state index contributed by atoms with van der Waals surface area (Å²) in [7, 11) is 0. The van der Waals surface area contributed by atoms with Gasteiger partial charge in [0.15, 0.2) is 0 Å². The van der Waals surface area contributed by atoms with Crippen LogP contribution in [0.1, 0.15) is 73.4 Å². The maximum Gasteiger partial charge on any atom is 0.405 e. The van der Waals surface area contributed by atoms with Crippen molar-refractivity contribution in [2.45, 2.75) is 62.6 Å². The molecule has 2 amide bonds. The van der Waals surface area contributed by atoms with Crippen LogP contribution in [-0.2, 0) is 15.5 Å². The van der Waals surface area contributed by atoms with E-state index < -0.39 is 18.1 Å². The number of aromatic amines is 2. The molecule has 3 aliphatic heterocycles. The van der Waals surface area contributed by atoms with Crippen molar-refractivity contribution in [1.29, 1.82) is 0 Å². The average molecular weight is 708 g/mol. The highest BCUT2D eigenvalue weighted by Gasteiger charge is 2.45. The van der Waals surface area contributed by atoms with E-state index in [0.29, 0.717) is 78.3 Å². The Morgan fingerprint density at radius 3 is 2.38 bits per heavy atom. The Hall–Kier alpha value is -5.14. The Labute approximate surface area is 298 Å². The summed E-state index contributed by atoms with van der Waals surface area (Å²) in [6.45, 7) is 2.43. The van der Waals surface area contributed by atoms with Crippen molar-refractivity contribution >= 4 is 23.0 Å². The van der Waals surface area contributed by atoms with Gasteiger partial charge in [-0.25, -0.2) is 14.8 Å². The summed E-state index contributed by atoms with van der Waals surface area (Å²) in [5.41, 5.74) is 5.21. The number of carbonyl (C=O) groups excluding carboxylic acids is 1. The summed E-state index contributed by atoms with van der Waals surface area (Å²) < 4.78 is 37.9. The molecule has 0 saturated carbocycles. The minimum Gasteiger partial charge on any atom is -0.465 e. The van der Waals surface area contributed by atoms with Gasteiger partial charge >= 0.3 is 6.09 Å². The number of hydrogen-bond acceptors (Lipinski definition) is 6. The summed E-state index contributed by atoms with van der Waals surface area (Å²) in [6, 6.07) is 15.0. The van der Waals surface area contributed by atoms with Crippen molar-refractivity contribution in [2.75, 3.05) is 26.3 Å². The largest absolute Gasteiger partial charge is 0.465 e. The monoisotopic (exact) mass is 707 g/mol. The minimum atomic E-state index is -3.19. The standard InChI is InChI=1S/C39H39F2N7O4/c40-39(41)27-17-22(5-8-25(27)26-9-6-24(18-28(26)39)32-20-43-35(46-32)30-3-1-13-42-30)23-7-10-29-31(19-23)45-36(44-29)33-4-2-14-48(33)37(49)34(47-38(50)51)21-11-15-52-16-12-21/h5-10,17-21,30,33-34,42,47H,1-4,11-16H2,(H,43,46)(H,44,45)(H,50,51)/t30-,33-,34-/m0/s1. The normalized spacial score (nSPS) is 21.7. The van der Waals surface area contributed by atoms with E-state index in [2.05, 4.69) is 25.6 Å². The number of hydrogen-bond donors (Lipinski definition) is 5. The molecule has 5 aromatic rings. The highest BCUT2D eigenvalue weighted by atomic mass is 19.3. The number of fused-ring (bicyclic) bond motifs is 4. The van der Waals surface area contributed by atoms with Crippen LogP contribution in [-0.4, -0.2) is 74.3 Å². The number of nitrogens with one attached hydrogen (secondary N) is 4. The minimum absolute atomic E-state index is 0.0192. The van der Waals surface area contributed by atoms with Crippen LogP contribution < -0.4 is 10.6 Å². The van der Waals surface area contributed by atoms with Crippen molar-refractivity contribution in [2.24, 2.45) is 5.92 Å². The molecule has 268 valence electrons. The summed E-state index contributed by atoms with van der Waals surface area (Å²) in [4.78, 5) is 43.3. The zero-order valence-corrected chi connectivity index (χ0v) is 28.4. The van der Waals surface area contributed by atoms with Crippen LogP contribution in [0, 0.1) is 5.92 Å². The lowest BCUT2D eigenvalue weighted by atomic mass is 9.90. The topological polar surface area (TPSA) is 148 Å². The molecule has 52 heavy (non-hydrogen) atoms. The number of carbonyl (C=O) groups is 2. The molecule has 3 aromatic carbocycles. The lowest BCUT2D eigenvalue weighted by Crippen LogP contribution is -2.52. The van der Waals surface area contributed by atoms with Crippen LogP contribution in [0.5, 0.6) is 0 Å². The summed E-state index contributed by atoms with van der Waals surface area (Å²) in [5.74, 6) is -2.13. The molecular formula is C39H39F2N7O4. The lowest BCUT2D eigenvalue weighted by molar-refractivity contribution is -0.136. The van der Waals surface area contributed by atoms with Gasteiger partial charge in [-0.15, -0.1) is 0 Å². The van der Waals surface area contributed by atoms with Gasteiger partial charge in [-0.1, -0.05) is 30.3 Å². The molecule has 1 aliphatic carbocycles. The van der Waals surface area contributed by atoms with E-state index in [1.165, 1.54) is 0 Å². The first-order valence-electron chi connectivity index (χ1n) is 18.1.